The minimum Gasteiger partial charge on any atom is -0.490 e. The van der Waals surface area contributed by atoms with Crippen molar-refractivity contribution in [3.63, 3.8) is 0 Å². The maximum absolute atomic E-state index is 5.72. The minimum absolute atomic E-state index is 0.0666. The first-order chi connectivity index (χ1) is 9.43. The largest absolute Gasteiger partial charge is 0.490 e. The van der Waals surface area contributed by atoms with Crippen LogP contribution in [0.5, 0.6) is 11.5 Å². The van der Waals surface area contributed by atoms with Crippen molar-refractivity contribution in [3.05, 3.63) is 22.2 Å². The molecule has 0 radical (unpaired) electrons. The zero-order valence-electron chi connectivity index (χ0n) is 11.6. The monoisotopic (exact) mass is 359 g/mol. The summed E-state index contributed by atoms with van der Waals surface area (Å²) in [6.45, 7) is 6.40. The Morgan fingerprint density at radius 3 is 2.75 bits per heavy atom. The fourth-order valence-corrected chi connectivity index (χ4v) is 1.91. The van der Waals surface area contributed by atoms with Crippen LogP contribution in [0.1, 0.15) is 26.3 Å². The van der Waals surface area contributed by atoms with Crippen LogP contribution in [0.3, 0.4) is 0 Å². The Bertz CT molecular complexity index is 507. The first-order valence-electron chi connectivity index (χ1n) is 6.15. The molecule has 5 nitrogen and oxygen atoms in total. The molecule has 0 aliphatic heterocycles. The van der Waals surface area contributed by atoms with Crippen molar-refractivity contribution in [1.29, 1.82) is 0 Å². The third-order valence-electron chi connectivity index (χ3n) is 2.10. The van der Waals surface area contributed by atoms with Crippen LogP contribution in [0.25, 0.3) is 0 Å². The highest BCUT2D eigenvalue weighted by Crippen LogP contribution is 2.33. The maximum Gasteiger partial charge on any atom is 0.184 e. The summed E-state index contributed by atoms with van der Waals surface area (Å²) < 4.78 is 12.1. The summed E-state index contributed by atoms with van der Waals surface area (Å²) in [6.07, 6.45) is 1.67. The summed E-state index contributed by atoms with van der Waals surface area (Å²) in [4.78, 5) is 0. The van der Waals surface area contributed by atoms with Crippen LogP contribution < -0.4 is 20.6 Å². The molecule has 110 valence electrons. The molecule has 0 amide bonds. The number of hydrazone groups is 1. The smallest absolute Gasteiger partial charge is 0.184 e. The molecule has 0 aromatic heterocycles. The first-order valence-corrected chi connectivity index (χ1v) is 7.35. The van der Waals surface area contributed by atoms with Crippen molar-refractivity contribution in [2.24, 2.45) is 10.8 Å². The van der Waals surface area contributed by atoms with Gasteiger partial charge in [0.2, 0.25) is 0 Å². The van der Waals surface area contributed by atoms with Gasteiger partial charge in [-0.25, -0.2) is 0 Å². The Hall–Kier alpha value is -1.34. The summed E-state index contributed by atoms with van der Waals surface area (Å²) in [5, 5.41) is 4.04. The number of nitrogens with one attached hydrogen (secondary N) is 1. The van der Waals surface area contributed by atoms with Gasteiger partial charge in [0.15, 0.2) is 16.6 Å². The van der Waals surface area contributed by atoms with Gasteiger partial charge in [-0.2, -0.15) is 5.10 Å². The summed E-state index contributed by atoms with van der Waals surface area (Å²) in [6, 6.07) is 3.70. The summed E-state index contributed by atoms with van der Waals surface area (Å²) in [5.74, 6) is 1.36. The van der Waals surface area contributed by atoms with E-state index in [-0.39, 0.29) is 11.2 Å². The lowest BCUT2D eigenvalue weighted by atomic mass is 10.2. The molecule has 0 saturated carbocycles. The summed E-state index contributed by atoms with van der Waals surface area (Å²) >= 11 is 8.15. The summed E-state index contributed by atoms with van der Waals surface area (Å²) in [7, 11) is 0. The van der Waals surface area contributed by atoms with Crippen molar-refractivity contribution >= 4 is 39.5 Å². The molecule has 0 aliphatic carbocycles. The average molecular weight is 360 g/mol. The SMILES string of the molecule is CCOc1cc(/C=N/NC(N)=S)c(Br)cc1OC(C)C. The van der Waals surface area contributed by atoms with Crippen molar-refractivity contribution in [2.45, 2.75) is 26.9 Å². The van der Waals surface area contributed by atoms with Gasteiger partial charge >= 0.3 is 0 Å². The van der Waals surface area contributed by atoms with E-state index in [1.54, 1.807) is 6.21 Å². The number of rotatable bonds is 6. The Morgan fingerprint density at radius 2 is 2.20 bits per heavy atom. The Kier molecular flexibility index (Phi) is 6.74. The van der Waals surface area contributed by atoms with E-state index < -0.39 is 0 Å². The van der Waals surface area contributed by atoms with Crippen LogP contribution in [0, 0.1) is 0 Å². The van der Waals surface area contributed by atoms with E-state index in [1.807, 2.05) is 32.9 Å². The lowest BCUT2D eigenvalue weighted by molar-refractivity contribution is 0.223. The number of hydrogen-bond donors (Lipinski definition) is 2. The van der Waals surface area contributed by atoms with Crippen LogP contribution in [0.4, 0.5) is 0 Å². The molecule has 0 unspecified atom stereocenters. The average Bonchev–Trinajstić information content (AvgIpc) is 2.33. The van der Waals surface area contributed by atoms with Gasteiger partial charge in [0.05, 0.1) is 18.9 Å². The Morgan fingerprint density at radius 1 is 1.50 bits per heavy atom. The predicted molar refractivity (Wildman–Crippen MR) is 88.6 cm³/mol. The Balaban J connectivity index is 3.05. The molecular weight excluding hydrogens is 342 g/mol. The van der Waals surface area contributed by atoms with E-state index in [9.17, 15) is 0 Å². The van der Waals surface area contributed by atoms with E-state index >= 15 is 0 Å². The summed E-state index contributed by atoms with van der Waals surface area (Å²) in [5.41, 5.74) is 8.63. The van der Waals surface area contributed by atoms with E-state index in [1.165, 1.54) is 0 Å². The molecule has 0 bridgehead atoms. The molecular formula is C13H18BrN3O2S. The van der Waals surface area contributed by atoms with Gasteiger partial charge in [-0.3, -0.25) is 5.43 Å². The molecule has 7 heteroatoms. The van der Waals surface area contributed by atoms with Gasteiger partial charge in [0.1, 0.15) is 0 Å². The predicted octanol–water partition coefficient (Wildman–Crippen LogP) is 2.80. The van der Waals surface area contributed by atoms with Crippen LogP contribution in [-0.4, -0.2) is 24.0 Å². The van der Waals surface area contributed by atoms with Gasteiger partial charge < -0.3 is 15.2 Å². The van der Waals surface area contributed by atoms with Crippen molar-refractivity contribution in [3.8, 4) is 11.5 Å². The van der Waals surface area contributed by atoms with Gasteiger partial charge in [0, 0.05) is 10.0 Å². The molecule has 20 heavy (non-hydrogen) atoms. The van der Waals surface area contributed by atoms with E-state index in [0.29, 0.717) is 18.1 Å². The number of halogens is 1. The number of nitrogens with zero attached hydrogens (tertiary/aromatic N) is 1. The van der Waals surface area contributed by atoms with E-state index in [2.05, 4.69) is 38.7 Å². The Labute approximate surface area is 132 Å². The highest BCUT2D eigenvalue weighted by atomic mass is 79.9. The van der Waals surface area contributed by atoms with Gasteiger partial charge in [-0.05, 0) is 61.1 Å². The molecule has 0 saturated heterocycles. The number of nitrogens with two attached hydrogens (primary N) is 1. The first kappa shape index (κ1) is 16.7. The highest BCUT2D eigenvalue weighted by molar-refractivity contribution is 9.10. The molecule has 1 rings (SSSR count). The number of thiocarbonyl (C=S) groups is 1. The van der Waals surface area contributed by atoms with E-state index in [0.717, 1.165) is 10.0 Å². The molecule has 0 heterocycles. The van der Waals surface area contributed by atoms with Gasteiger partial charge in [-0.15, -0.1) is 0 Å². The molecule has 0 fully saturated rings. The second-order valence-electron chi connectivity index (χ2n) is 4.15. The van der Waals surface area contributed by atoms with Crippen molar-refractivity contribution in [2.75, 3.05) is 6.61 Å². The molecule has 0 spiro atoms. The van der Waals surface area contributed by atoms with Gasteiger partial charge in [0.25, 0.3) is 0 Å². The van der Waals surface area contributed by atoms with Crippen LogP contribution in [0.15, 0.2) is 21.7 Å². The second-order valence-corrected chi connectivity index (χ2v) is 5.45. The lowest BCUT2D eigenvalue weighted by Crippen LogP contribution is -2.24. The van der Waals surface area contributed by atoms with Crippen molar-refractivity contribution < 1.29 is 9.47 Å². The normalized spacial score (nSPS) is 10.8. The maximum atomic E-state index is 5.72. The highest BCUT2D eigenvalue weighted by Gasteiger charge is 2.11. The molecule has 0 aliphatic rings. The fraction of sp³-hybridized carbons (Fsp3) is 0.385. The van der Waals surface area contributed by atoms with Gasteiger partial charge in [-0.1, -0.05) is 0 Å². The number of ether oxygens (including phenoxy) is 2. The zero-order chi connectivity index (χ0) is 15.1. The standard InChI is InChI=1S/C13H18BrN3O2S/c1-4-18-11-5-9(7-16-17-13(15)20)10(14)6-12(11)19-8(2)3/h5-8H,4H2,1-3H3,(H3,15,17,20)/b16-7+. The number of benzene rings is 1. The van der Waals surface area contributed by atoms with Crippen LogP contribution in [0.2, 0.25) is 0 Å². The van der Waals surface area contributed by atoms with Crippen LogP contribution in [-0.2, 0) is 0 Å². The van der Waals surface area contributed by atoms with Crippen LogP contribution >= 0.6 is 28.1 Å². The third-order valence-corrected chi connectivity index (χ3v) is 2.88. The molecule has 0 atom stereocenters. The minimum atomic E-state index is 0.0666. The quantitative estimate of drug-likeness (QED) is 0.464. The molecule has 3 N–H and O–H groups in total. The van der Waals surface area contributed by atoms with E-state index in [4.69, 9.17) is 15.2 Å². The fourth-order valence-electron chi connectivity index (χ4n) is 1.43. The van der Waals surface area contributed by atoms with Crippen molar-refractivity contribution in [1.82, 2.24) is 5.43 Å². The lowest BCUT2D eigenvalue weighted by Gasteiger charge is -2.15. The second kappa shape index (κ2) is 8.06. The molecule has 1 aromatic rings. The zero-order valence-corrected chi connectivity index (χ0v) is 14.0. The number of hydrogen-bond acceptors (Lipinski definition) is 4. The molecule has 1 aromatic carbocycles. The topological polar surface area (TPSA) is 68.9 Å². The third kappa shape index (κ3) is 5.34.